The summed E-state index contributed by atoms with van der Waals surface area (Å²) in [6.07, 6.45) is 2.79. The van der Waals surface area contributed by atoms with Gasteiger partial charge in [0.05, 0.1) is 7.11 Å². The molecule has 0 aliphatic rings. The molecule has 106 valence electrons. The second-order valence-electron chi connectivity index (χ2n) is 4.69. The van der Waals surface area contributed by atoms with Crippen molar-refractivity contribution in [1.82, 2.24) is 4.98 Å². The molecular formula is C16H19BrN2O. The van der Waals surface area contributed by atoms with Gasteiger partial charge >= 0.3 is 0 Å². The maximum absolute atomic E-state index is 5.36. The molecule has 0 saturated carbocycles. The van der Waals surface area contributed by atoms with E-state index in [9.17, 15) is 0 Å². The van der Waals surface area contributed by atoms with Crippen LogP contribution in [0.5, 0.6) is 5.75 Å². The molecule has 0 unspecified atom stereocenters. The standard InChI is InChI=1S/C16H19BrN2O/c1-4-13-9-12(5-7-15(13)20-3)11-19(2)16-8-6-14(17)10-18-16/h5-10H,4,11H2,1-3H3. The molecule has 0 bridgehead atoms. The highest BCUT2D eigenvalue weighted by Gasteiger charge is 2.06. The molecule has 4 heteroatoms. The van der Waals surface area contributed by atoms with E-state index in [0.717, 1.165) is 29.0 Å². The Morgan fingerprint density at radius 3 is 2.65 bits per heavy atom. The molecule has 0 aliphatic heterocycles. The van der Waals surface area contributed by atoms with E-state index in [1.807, 2.05) is 31.4 Å². The Balaban J connectivity index is 2.15. The average molecular weight is 335 g/mol. The number of benzene rings is 1. The first-order valence-electron chi connectivity index (χ1n) is 6.62. The monoisotopic (exact) mass is 334 g/mol. The van der Waals surface area contributed by atoms with Crippen LogP contribution in [0.3, 0.4) is 0 Å². The van der Waals surface area contributed by atoms with Crippen molar-refractivity contribution in [2.75, 3.05) is 19.1 Å². The number of rotatable bonds is 5. The topological polar surface area (TPSA) is 25.4 Å². The largest absolute Gasteiger partial charge is 0.496 e. The van der Waals surface area contributed by atoms with Crippen molar-refractivity contribution in [2.45, 2.75) is 19.9 Å². The van der Waals surface area contributed by atoms with Crippen LogP contribution in [0.15, 0.2) is 41.0 Å². The van der Waals surface area contributed by atoms with Crippen LogP contribution in [-0.4, -0.2) is 19.1 Å². The number of aryl methyl sites for hydroxylation is 1. The Bertz CT molecular complexity index is 569. The third-order valence-electron chi connectivity index (χ3n) is 3.25. The molecule has 0 radical (unpaired) electrons. The number of nitrogens with zero attached hydrogens (tertiary/aromatic N) is 2. The first-order chi connectivity index (χ1) is 9.63. The first kappa shape index (κ1) is 14.9. The van der Waals surface area contributed by atoms with Crippen molar-refractivity contribution >= 4 is 21.7 Å². The van der Waals surface area contributed by atoms with Gasteiger partial charge in [0.2, 0.25) is 0 Å². The maximum atomic E-state index is 5.36. The highest BCUT2D eigenvalue weighted by Crippen LogP contribution is 2.22. The van der Waals surface area contributed by atoms with Gasteiger partial charge in [-0.15, -0.1) is 0 Å². The van der Waals surface area contributed by atoms with E-state index in [-0.39, 0.29) is 0 Å². The molecule has 1 aromatic heterocycles. The molecule has 0 N–H and O–H groups in total. The van der Waals surface area contributed by atoms with Crippen molar-refractivity contribution in [3.8, 4) is 5.75 Å². The lowest BCUT2D eigenvalue weighted by Gasteiger charge is -2.19. The smallest absolute Gasteiger partial charge is 0.128 e. The molecule has 1 heterocycles. The summed E-state index contributed by atoms with van der Waals surface area (Å²) in [4.78, 5) is 6.54. The normalized spacial score (nSPS) is 10.4. The van der Waals surface area contributed by atoms with Crippen LogP contribution >= 0.6 is 15.9 Å². The summed E-state index contributed by atoms with van der Waals surface area (Å²) in [6, 6.07) is 10.4. The molecule has 0 spiro atoms. The van der Waals surface area contributed by atoms with E-state index in [1.165, 1.54) is 11.1 Å². The number of methoxy groups -OCH3 is 1. The van der Waals surface area contributed by atoms with Crippen LogP contribution < -0.4 is 9.64 Å². The predicted molar refractivity (Wildman–Crippen MR) is 86.4 cm³/mol. The molecule has 0 amide bonds. The quantitative estimate of drug-likeness (QED) is 0.824. The fraction of sp³-hybridized carbons (Fsp3) is 0.312. The SMILES string of the molecule is CCc1cc(CN(C)c2ccc(Br)cn2)ccc1OC. The molecule has 0 atom stereocenters. The Kier molecular flexibility index (Phi) is 5.01. The van der Waals surface area contributed by atoms with Crippen LogP contribution in [0.1, 0.15) is 18.1 Å². The number of halogens is 1. The van der Waals surface area contributed by atoms with Gasteiger partial charge in [-0.1, -0.05) is 19.1 Å². The number of pyridine rings is 1. The van der Waals surface area contributed by atoms with Crippen LogP contribution in [0.2, 0.25) is 0 Å². The fourth-order valence-electron chi connectivity index (χ4n) is 2.16. The molecule has 20 heavy (non-hydrogen) atoms. The van der Waals surface area contributed by atoms with E-state index in [2.05, 4.69) is 44.9 Å². The van der Waals surface area contributed by atoms with Gasteiger partial charge in [-0.05, 0) is 51.7 Å². The third-order valence-corrected chi connectivity index (χ3v) is 3.72. The second-order valence-corrected chi connectivity index (χ2v) is 5.61. The average Bonchev–Trinajstić information content (AvgIpc) is 2.47. The number of hydrogen-bond donors (Lipinski definition) is 0. The fourth-order valence-corrected chi connectivity index (χ4v) is 2.39. The number of aromatic nitrogens is 1. The highest BCUT2D eigenvalue weighted by molar-refractivity contribution is 9.10. The first-order valence-corrected chi connectivity index (χ1v) is 7.41. The summed E-state index contributed by atoms with van der Waals surface area (Å²) in [5.74, 6) is 1.92. The van der Waals surface area contributed by atoms with Crippen molar-refractivity contribution in [1.29, 1.82) is 0 Å². The molecule has 3 nitrogen and oxygen atoms in total. The van der Waals surface area contributed by atoms with Crippen LogP contribution in [0.4, 0.5) is 5.82 Å². The Hall–Kier alpha value is -1.55. The summed E-state index contributed by atoms with van der Waals surface area (Å²) in [7, 11) is 3.76. The zero-order chi connectivity index (χ0) is 14.5. The lowest BCUT2D eigenvalue weighted by molar-refractivity contribution is 0.410. The summed E-state index contributed by atoms with van der Waals surface area (Å²) in [5, 5.41) is 0. The van der Waals surface area contributed by atoms with Gasteiger partial charge < -0.3 is 9.64 Å². The number of ether oxygens (including phenoxy) is 1. The Morgan fingerprint density at radius 2 is 2.05 bits per heavy atom. The van der Waals surface area contributed by atoms with Gasteiger partial charge in [-0.2, -0.15) is 0 Å². The number of hydrogen-bond acceptors (Lipinski definition) is 3. The summed E-state index contributed by atoms with van der Waals surface area (Å²) < 4.78 is 6.36. The van der Waals surface area contributed by atoms with Crippen LogP contribution in [0.25, 0.3) is 0 Å². The minimum absolute atomic E-state index is 0.825. The third kappa shape index (κ3) is 3.51. The summed E-state index contributed by atoms with van der Waals surface area (Å²) in [5.41, 5.74) is 2.50. The zero-order valence-electron chi connectivity index (χ0n) is 12.1. The van der Waals surface area contributed by atoms with Gasteiger partial charge in [0.1, 0.15) is 11.6 Å². The summed E-state index contributed by atoms with van der Waals surface area (Å²) >= 11 is 3.40. The molecular weight excluding hydrogens is 316 g/mol. The van der Waals surface area contributed by atoms with Crippen molar-refractivity contribution in [3.05, 3.63) is 52.1 Å². The van der Waals surface area contributed by atoms with Crippen molar-refractivity contribution in [3.63, 3.8) is 0 Å². The predicted octanol–water partition coefficient (Wildman–Crippen LogP) is 4.05. The molecule has 0 aliphatic carbocycles. The maximum Gasteiger partial charge on any atom is 0.128 e. The van der Waals surface area contributed by atoms with Crippen LogP contribution in [0, 0.1) is 0 Å². The highest BCUT2D eigenvalue weighted by atomic mass is 79.9. The van der Waals surface area contributed by atoms with E-state index >= 15 is 0 Å². The summed E-state index contributed by atoms with van der Waals surface area (Å²) in [6.45, 7) is 2.97. The van der Waals surface area contributed by atoms with Gasteiger partial charge in [0.15, 0.2) is 0 Å². The van der Waals surface area contributed by atoms with Crippen LogP contribution in [-0.2, 0) is 13.0 Å². The van der Waals surface area contributed by atoms with Gasteiger partial charge in [-0.25, -0.2) is 4.98 Å². The second kappa shape index (κ2) is 6.75. The van der Waals surface area contributed by atoms with E-state index in [1.54, 1.807) is 7.11 Å². The molecule has 1 aromatic carbocycles. The van der Waals surface area contributed by atoms with Crippen molar-refractivity contribution in [2.24, 2.45) is 0 Å². The number of anilines is 1. The van der Waals surface area contributed by atoms with E-state index in [4.69, 9.17) is 4.74 Å². The Labute approximate surface area is 128 Å². The lowest BCUT2D eigenvalue weighted by atomic mass is 10.1. The minimum Gasteiger partial charge on any atom is -0.496 e. The lowest BCUT2D eigenvalue weighted by Crippen LogP contribution is -2.17. The van der Waals surface area contributed by atoms with Crippen molar-refractivity contribution < 1.29 is 4.74 Å². The van der Waals surface area contributed by atoms with E-state index < -0.39 is 0 Å². The molecule has 0 fully saturated rings. The Morgan fingerprint density at radius 1 is 1.25 bits per heavy atom. The minimum atomic E-state index is 0.825. The molecule has 2 aromatic rings. The van der Waals surface area contributed by atoms with Gasteiger partial charge in [0.25, 0.3) is 0 Å². The molecule has 0 saturated heterocycles. The van der Waals surface area contributed by atoms with Gasteiger partial charge in [0, 0.05) is 24.3 Å². The van der Waals surface area contributed by atoms with E-state index in [0.29, 0.717) is 0 Å². The van der Waals surface area contributed by atoms with Gasteiger partial charge in [-0.3, -0.25) is 0 Å². The molecule has 2 rings (SSSR count). The zero-order valence-corrected chi connectivity index (χ0v) is 13.6.